The van der Waals surface area contributed by atoms with E-state index in [2.05, 4.69) is 4.98 Å². The van der Waals surface area contributed by atoms with Gasteiger partial charge in [0.25, 0.3) is 0 Å². The second-order valence-electron chi connectivity index (χ2n) is 3.86. The Morgan fingerprint density at radius 2 is 2.00 bits per heavy atom. The highest BCUT2D eigenvalue weighted by atomic mass is 16.5. The molecule has 82 valence electrons. The van der Waals surface area contributed by atoms with Crippen molar-refractivity contribution in [2.24, 2.45) is 0 Å². The van der Waals surface area contributed by atoms with Gasteiger partial charge in [-0.3, -0.25) is 4.98 Å². The van der Waals surface area contributed by atoms with Crippen LogP contribution in [0.2, 0.25) is 0 Å². The molecule has 0 aliphatic carbocycles. The zero-order valence-electron chi connectivity index (χ0n) is 9.31. The molecule has 16 heavy (non-hydrogen) atoms. The number of ether oxygens (including phenoxy) is 1. The summed E-state index contributed by atoms with van der Waals surface area (Å²) in [5.74, 6) is -0.320. The molecule has 3 heteroatoms. The average Bonchev–Trinajstić information content (AvgIpc) is 2.27. The Balaban J connectivity index is 2.48. The van der Waals surface area contributed by atoms with E-state index in [0.717, 1.165) is 10.8 Å². The van der Waals surface area contributed by atoms with Gasteiger partial charge in [-0.25, -0.2) is 4.79 Å². The highest BCUT2D eigenvalue weighted by molar-refractivity contribution is 6.03. The average molecular weight is 215 g/mol. The van der Waals surface area contributed by atoms with Gasteiger partial charge in [-0.15, -0.1) is 0 Å². The summed E-state index contributed by atoms with van der Waals surface area (Å²) in [6.07, 6.45) is 3.17. The Labute approximate surface area is 94.1 Å². The predicted molar refractivity (Wildman–Crippen MR) is 62.3 cm³/mol. The number of aromatic nitrogens is 1. The van der Waals surface area contributed by atoms with E-state index in [9.17, 15) is 4.79 Å². The van der Waals surface area contributed by atoms with Gasteiger partial charge in [-0.05, 0) is 19.2 Å². The van der Waals surface area contributed by atoms with Gasteiger partial charge < -0.3 is 4.74 Å². The molecular formula is C13H13NO2. The SMILES string of the molecule is CC(C)OC(=O)c1cncc2ccccc12. The van der Waals surface area contributed by atoms with Crippen LogP contribution in [-0.4, -0.2) is 17.1 Å². The summed E-state index contributed by atoms with van der Waals surface area (Å²) in [6.45, 7) is 3.66. The molecule has 1 aromatic carbocycles. The first-order chi connectivity index (χ1) is 7.68. The van der Waals surface area contributed by atoms with Crippen LogP contribution in [0.15, 0.2) is 36.7 Å². The van der Waals surface area contributed by atoms with Crippen molar-refractivity contribution in [3.05, 3.63) is 42.2 Å². The maximum Gasteiger partial charge on any atom is 0.340 e. The summed E-state index contributed by atoms with van der Waals surface area (Å²) in [5.41, 5.74) is 0.520. The molecule has 0 saturated heterocycles. The van der Waals surface area contributed by atoms with Gasteiger partial charge in [0, 0.05) is 17.8 Å². The first-order valence-corrected chi connectivity index (χ1v) is 5.22. The van der Waals surface area contributed by atoms with Crippen molar-refractivity contribution in [2.45, 2.75) is 20.0 Å². The Morgan fingerprint density at radius 1 is 1.25 bits per heavy atom. The zero-order chi connectivity index (χ0) is 11.5. The predicted octanol–water partition coefficient (Wildman–Crippen LogP) is 2.80. The van der Waals surface area contributed by atoms with Crippen LogP contribution in [0.1, 0.15) is 24.2 Å². The van der Waals surface area contributed by atoms with Gasteiger partial charge in [-0.2, -0.15) is 0 Å². The standard InChI is InChI=1S/C13H13NO2/c1-9(2)16-13(15)12-8-14-7-10-5-3-4-6-11(10)12/h3-9H,1-2H3. The van der Waals surface area contributed by atoms with Crippen molar-refractivity contribution in [2.75, 3.05) is 0 Å². The monoisotopic (exact) mass is 215 g/mol. The smallest absolute Gasteiger partial charge is 0.340 e. The van der Waals surface area contributed by atoms with E-state index in [4.69, 9.17) is 4.74 Å². The molecule has 1 heterocycles. The minimum Gasteiger partial charge on any atom is -0.459 e. The van der Waals surface area contributed by atoms with Crippen LogP contribution in [0.4, 0.5) is 0 Å². The molecule has 0 unspecified atom stereocenters. The first-order valence-electron chi connectivity index (χ1n) is 5.22. The summed E-state index contributed by atoms with van der Waals surface area (Å²) in [6, 6.07) is 7.64. The molecule has 1 aromatic heterocycles. The molecule has 0 radical (unpaired) electrons. The number of hydrogen-bond donors (Lipinski definition) is 0. The lowest BCUT2D eigenvalue weighted by atomic mass is 10.1. The van der Waals surface area contributed by atoms with Gasteiger partial charge in [0.05, 0.1) is 11.7 Å². The maximum atomic E-state index is 11.8. The number of hydrogen-bond acceptors (Lipinski definition) is 3. The quantitative estimate of drug-likeness (QED) is 0.723. The number of carbonyl (C=O) groups is 1. The summed E-state index contributed by atoms with van der Waals surface area (Å²) < 4.78 is 5.17. The van der Waals surface area contributed by atoms with E-state index in [1.54, 1.807) is 12.4 Å². The summed E-state index contributed by atoms with van der Waals surface area (Å²) in [5, 5.41) is 1.82. The van der Waals surface area contributed by atoms with Crippen molar-refractivity contribution in [1.82, 2.24) is 4.98 Å². The molecule has 0 N–H and O–H groups in total. The maximum absolute atomic E-state index is 11.8. The minimum atomic E-state index is -0.320. The molecule has 0 amide bonds. The molecule has 2 aromatic rings. The minimum absolute atomic E-state index is 0.119. The fraction of sp³-hybridized carbons (Fsp3) is 0.231. The largest absolute Gasteiger partial charge is 0.459 e. The van der Waals surface area contributed by atoms with Crippen LogP contribution in [0, 0.1) is 0 Å². The lowest BCUT2D eigenvalue weighted by Crippen LogP contribution is -2.12. The van der Waals surface area contributed by atoms with E-state index in [1.807, 2.05) is 38.1 Å². The van der Waals surface area contributed by atoms with Crippen LogP contribution >= 0.6 is 0 Å². The first kappa shape index (κ1) is 10.6. The normalized spacial score (nSPS) is 10.7. The molecule has 0 saturated carbocycles. The van der Waals surface area contributed by atoms with Crippen LogP contribution < -0.4 is 0 Å². The number of fused-ring (bicyclic) bond motifs is 1. The second-order valence-corrected chi connectivity index (χ2v) is 3.86. The molecule has 0 spiro atoms. The summed E-state index contributed by atoms with van der Waals surface area (Å²) >= 11 is 0. The van der Waals surface area contributed by atoms with Gasteiger partial charge in [0.2, 0.25) is 0 Å². The van der Waals surface area contributed by atoms with Gasteiger partial charge in [0.15, 0.2) is 0 Å². The number of benzene rings is 1. The van der Waals surface area contributed by atoms with Crippen molar-refractivity contribution < 1.29 is 9.53 Å². The molecule has 2 rings (SSSR count). The number of pyridine rings is 1. The second kappa shape index (κ2) is 4.31. The van der Waals surface area contributed by atoms with E-state index in [1.165, 1.54) is 0 Å². The summed E-state index contributed by atoms with van der Waals surface area (Å²) in [4.78, 5) is 15.8. The lowest BCUT2D eigenvalue weighted by Gasteiger charge is -2.09. The van der Waals surface area contributed by atoms with Crippen LogP contribution in [-0.2, 0) is 4.74 Å². The zero-order valence-corrected chi connectivity index (χ0v) is 9.31. The van der Waals surface area contributed by atoms with E-state index < -0.39 is 0 Å². The van der Waals surface area contributed by atoms with Crippen molar-refractivity contribution >= 4 is 16.7 Å². The van der Waals surface area contributed by atoms with Gasteiger partial charge in [0.1, 0.15) is 0 Å². The van der Waals surface area contributed by atoms with Gasteiger partial charge in [-0.1, -0.05) is 24.3 Å². The van der Waals surface area contributed by atoms with E-state index >= 15 is 0 Å². The van der Waals surface area contributed by atoms with Crippen molar-refractivity contribution in [3.8, 4) is 0 Å². The van der Waals surface area contributed by atoms with Crippen LogP contribution in [0.25, 0.3) is 10.8 Å². The number of esters is 1. The summed E-state index contributed by atoms with van der Waals surface area (Å²) in [7, 11) is 0. The highest BCUT2D eigenvalue weighted by Gasteiger charge is 2.12. The van der Waals surface area contributed by atoms with Gasteiger partial charge >= 0.3 is 5.97 Å². The molecule has 0 bridgehead atoms. The fourth-order valence-electron chi connectivity index (χ4n) is 1.56. The highest BCUT2D eigenvalue weighted by Crippen LogP contribution is 2.18. The third-order valence-corrected chi connectivity index (χ3v) is 2.23. The Morgan fingerprint density at radius 3 is 2.75 bits per heavy atom. The molecule has 0 aliphatic rings. The molecule has 0 aliphatic heterocycles. The molecule has 0 atom stereocenters. The molecule has 3 nitrogen and oxygen atoms in total. The molecule has 0 fully saturated rings. The topological polar surface area (TPSA) is 39.2 Å². The Kier molecular flexibility index (Phi) is 2.86. The fourth-order valence-corrected chi connectivity index (χ4v) is 1.56. The Hall–Kier alpha value is -1.90. The number of carbonyl (C=O) groups excluding carboxylic acids is 1. The third kappa shape index (κ3) is 2.03. The van der Waals surface area contributed by atoms with Crippen molar-refractivity contribution in [1.29, 1.82) is 0 Å². The number of nitrogens with zero attached hydrogens (tertiary/aromatic N) is 1. The van der Waals surface area contributed by atoms with Crippen LogP contribution in [0.5, 0.6) is 0 Å². The van der Waals surface area contributed by atoms with E-state index in [-0.39, 0.29) is 12.1 Å². The number of rotatable bonds is 2. The van der Waals surface area contributed by atoms with Crippen molar-refractivity contribution in [3.63, 3.8) is 0 Å². The third-order valence-electron chi connectivity index (χ3n) is 2.23. The Bertz CT molecular complexity index is 515. The lowest BCUT2D eigenvalue weighted by molar-refractivity contribution is 0.0380. The molecular weight excluding hydrogens is 202 g/mol. The van der Waals surface area contributed by atoms with E-state index in [0.29, 0.717) is 5.56 Å². The van der Waals surface area contributed by atoms with Crippen LogP contribution in [0.3, 0.4) is 0 Å².